The monoisotopic (exact) mass is 457 g/mol. The zero-order chi connectivity index (χ0) is 22.3. The summed E-state index contributed by atoms with van der Waals surface area (Å²) in [6, 6.07) is 13.0. The Morgan fingerprint density at radius 3 is 2.84 bits per heavy atom. The van der Waals surface area contributed by atoms with Crippen LogP contribution < -0.4 is 5.32 Å². The summed E-state index contributed by atoms with van der Waals surface area (Å²) in [4.78, 5) is 18.9. The molecule has 4 heterocycles. The Labute approximate surface area is 190 Å². The van der Waals surface area contributed by atoms with Crippen molar-refractivity contribution in [2.75, 3.05) is 18.4 Å². The maximum Gasteiger partial charge on any atom is 0.410 e. The summed E-state index contributed by atoms with van der Waals surface area (Å²) in [6.07, 6.45) is 0.817. The van der Waals surface area contributed by atoms with Gasteiger partial charge in [-0.25, -0.2) is 9.31 Å². The molecule has 1 N–H and O–H groups in total. The number of anilines is 1. The number of piperidine rings is 1. The number of carbonyl (C=O) groups is 1. The fourth-order valence-electron chi connectivity index (χ4n) is 4.26. The average molecular weight is 458 g/mol. The third-order valence-corrected chi connectivity index (χ3v) is 5.75. The van der Waals surface area contributed by atoms with Crippen LogP contribution in [0.1, 0.15) is 19.4 Å². The number of likely N-dealkylation sites (tertiary alicyclic amines) is 1. The van der Waals surface area contributed by atoms with Gasteiger partial charge in [0.15, 0.2) is 11.6 Å². The van der Waals surface area contributed by atoms with E-state index in [1.807, 2.05) is 56.3 Å². The third-order valence-electron chi connectivity index (χ3n) is 5.59. The van der Waals surface area contributed by atoms with Crippen molar-refractivity contribution in [2.24, 2.45) is 0 Å². The van der Waals surface area contributed by atoms with E-state index in [-0.39, 0.29) is 30.1 Å². The summed E-state index contributed by atoms with van der Waals surface area (Å²) in [5.41, 5.74) is 1.70. The molecule has 2 fully saturated rings. The SMILES string of the molecule is CC1(C)O[C@@H]2[C@@H](Nc3nc(Cl)nn4cccc34)CN(C(=O)OCc3ccccc3)C[C@@H]2O1. The highest BCUT2D eigenvalue weighted by atomic mass is 35.5. The molecular formula is C22H24ClN5O4. The molecule has 32 heavy (non-hydrogen) atoms. The fraction of sp³-hybridized carbons (Fsp3) is 0.409. The van der Waals surface area contributed by atoms with Crippen molar-refractivity contribution in [1.29, 1.82) is 0 Å². The van der Waals surface area contributed by atoms with E-state index < -0.39 is 11.9 Å². The number of carbonyl (C=O) groups excluding carboxylic acids is 1. The number of halogens is 1. The van der Waals surface area contributed by atoms with Gasteiger partial charge in [0.05, 0.1) is 12.6 Å². The minimum Gasteiger partial charge on any atom is -0.445 e. The standard InChI is InChI=1S/C22H24ClN5O4/c1-22(2)31-17-12-27(21(29)30-13-14-7-4-3-5-8-14)11-15(18(17)32-22)24-19-16-9-6-10-28(16)26-20(23)25-19/h3-10,15,17-18H,11-13H2,1-2H3,(H,24,25,26)/t15-,17-,18+/m0/s1. The van der Waals surface area contributed by atoms with Crippen LogP contribution in [0, 0.1) is 0 Å². The Morgan fingerprint density at radius 1 is 1.22 bits per heavy atom. The van der Waals surface area contributed by atoms with Crippen molar-refractivity contribution < 1.29 is 19.0 Å². The van der Waals surface area contributed by atoms with Gasteiger partial charge in [0, 0.05) is 12.7 Å². The van der Waals surface area contributed by atoms with Crippen LogP contribution in [0.25, 0.3) is 5.52 Å². The van der Waals surface area contributed by atoms with E-state index in [0.29, 0.717) is 18.9 Å². The lowest BCUT2D eigenvalue weighted by molar-refractivity contribution is -0.145. The van der Waals surface area contributed by atoms with Crippen LogP contribution in [0.5, 0.6) is 0 Å². The number of nitrogens with one attached hydrogen (secondary N) is 1. The topological polar surface area (TPSA) is 90.2 Å². The molecule has 0 unspecified atom stereocenters. The lowest BCUT2D eigenvalue weighted by Crippen LogP contribution is -2.58. The molecule has 0 spiro atoms. The normalized spacial score (nSPS) is 24.3. The molecule has 2 saturated heterocycles. The number of benzene rings is 1. The zero-order valence-electron chi connectivity index (χ0n) is 17.8. The highest BCUT2D eigenvalue weighted by Gasteiger charge is 2.50. The molecule has 3 aromatic rings. The van der Waals surface area contributed by atoms with E-state index in [2.05, 4.69) is 15.4 Å². The van der Waals surface area contributed by atoms with Crippen LogP contribution in [0.2, 0.25) is 5.28 Å². The van der Waals surface area contributed by atoms with Gasteiger partial charge < -0.3 is 24.4 Å². The van der Waals surface area contributed by atoms with Crippen LogP contribution in [-0.2, 0) is 20.8 Å². The molecular weight excluding hydrogens is 434 g/mol. The second-order valence-electron chi connectivity index (χ2n) is 8.40. The van der Waals surface area contributed by atoms with Gasteiger partial charge in [-0.15, -0.1) is 5.10 Å². The summed E-state index contributed by atoms with van der Waals surface area (Å²) >= 11 is 6.11. The van der Waals surface area contributed by atoms with E-state index in [4.69, 9.17) is 25.8 Å². The van der Waals surface area contributed by atoms with Gasteiger partial charge >= 0.3 is 6.09 Å². The molecule has 0 radical (unpaired) electrons. The second kappa shape index (κ2) is 8.23. The van der Waals surface area contributed by atoms with Gasteiger partial charge in [0.25, 0.3) is 0 Å². The fourth-order valence-corrected chi connectivity index (χ4v) is 4.42. The third kappa shape index (κ3) is 4.23. The lowest BCUT2D eigenvalue weighted by Gasteiger charge is -2.38. The van der Waals surface area contributed by atoms with Crippen LogP contribution in [0.4, 0.5) is 10.6 Å². The summed E-state index contributed by atoms with van der Waals surface area (Å²) in [6.45, 7) is 4.69. The predicted molar refractivity (Wildman–Crippen MR) is 117 cm³/mol. The Kier molecular flexibility index (Phi) is 5.40. The van der Waals surface area contributed by atoms with Gasteiger partial charge in [-0.3, -0.25) is 0 Å². The van der Waals surface area contributed by atoms with Crippen LogP contribution in [0.15, 0.2) is 48.7 Å². The van der Waals surface area contributed by atoms with Crippen LogP contribution >= 0.6 is 11.6 Å². The van der Waals surface area contributed by atoms with E-state index in [9.17, 15) is 4.79 Å². The molecule has 9 nitrogen and oxygen atoms in total. The first-order valence-corrected chi connectivity index (χ1v) is 10.8. The smallest absolute Gasteiger partial charge is 0.410 e. The van der Waals surface area contributed by atoms with Crippen molar-refractivity contribution in [3.63, 3.8) is 0 Å². The highest BCUT2D eigenvalue weighted by Crippen LogP contribution is 2.35. The Bertz CT molecular complexity index is 1120. The Morgan fingerprint density at radius 2 is 2.03 bits per heavy atom. The number of amides is 1. The quantitative estimate of drug-likeness (QED) is 0.642. The zero-order valence-corrected chi connectivity index (χ0v) is 18.5. The molecule has 2 aliphatic rings. The van der Waals surface area contributed by atoms with Crippen molar-refractivity contribution in [2.45, 2.75) is 44.5 Å². The molecule has 0 aliphatic carbocycles. The summed E-state index contributed by atoms with van der Waals surface area (Å²) in [5.74, 6) is -0.195. The first kappa shape index (κ1) is 21.0. The number of ether oxygens (including phenoxy) is 3. The number of hydrogen-bond donors (Lipinski definition) is 1. The van der Waals surface area contributed by atoms with E-state index in [1.165, 1.54) is 0 Å². The summed E-state index contributed by atoms with van der Waals surface area (Å²) < 4.78 is 19.5. The van der Waals surface area contributed by atoms with Crippen LogP contribution in [0.3, 0.4) is 0 Å². The van der Waals surface area contributed by atoms with Gasteiger partial charge in [0.1, 0.15) is 24.3 Å². The Hall–Kier alpha value is -2.88. The molecule has 168 valence electrons. The second-order valence-corrected chi connectivity index (χ2v) is 8.74. The largest absolute Gasteiger partial charge is 0.445 e. The first-order valence-electron chi connectivity index (χ1n) is 10.5. The molecule has 1 aromatic carbocycles. The van der Waals surface area contributed by atoms with Gasteiger partial charge in [0.2, 0.25) is 5.28 Å². The maximum absolute atomic E-state index is 12.9. The van der Waals surface area contributed by atoms with E-state index >= 15 is 0 Å². The van der Waals surface area contributed by atoms with Crippen LogP contribution in [-0.4, -0.2) is 62.7 Å². The minimum atomic E-state index is -0.757. The van der Waals surface area contributed by atoms with Crippen molar-refractivity contribution in [3.05, 3.63) is 59.5 Å². The van der Waals surface area contributed by atoms with Gasteiger partial charge in [-0.2, -0.15) is 4.98 Å². The van der Waals surface area contributed by atoms with Crippen molar-refractivity contribution in [3.8, 4) is 0 Å². The van der Waals surface area contributed by atoms with Crippen molar-refractivity contribution >= 4 is 29.0 Å². The molecule has 5 rings (SSSR count). The molecule has 2 aliphatic heterocycles. The predicted octanol–water partition coefficient (Wildman–Crippen LogP) is 3.34. The van der Waals surface area contributed by atoms with E-state index in [1.54, 1.807) is 15.6 Å². The molecule has 1 amide bonds. The molecule has 0 saturated carbocycles. The van der Waals surface area contributed by atoms with Gasteiger partial charge in [-0.05, 0) is 43.1 Å². The highest BCUT2D eigenvalue weighted by molar-refractivity contribution is 6.28. The Balaban J connectivity index is 1.36. The summed E-state index contributed by atoms with van der Waals surface area (Å²) in [5, 5.41) is 7.69. The number of hydrogen-bond acceptors (Lipinski definition) is 7. The number of aromatic nitrogens is 3. The molecule has 3 atom stereocenters. The van der Waals surface area contributed by atoms with Crippen molar-refractivity contribution in [1.82, 2.24) is 19.5 Å². The molecule has 0 bridgehead atoms. The minimum absolute atomic E-state index is 0.117. The van der Waals surface area contributed by atoms with Gasteiger partial charge in [-0.1, -0.05) is 30.3 Å². The number of rotatable bonds is 4. The summed E-state index contributed by atoms with van der Waals surface area (Å²) in [7, 11) is 0. The number of nitrogens with zero attached hydrogens (tertiary/aromatic N) is 4. The lowest BCUT2D eigenvalue weighted by atomic mass is 10.00. The molecule has 10 heteroatoms. The van der Waals surface area contributed by atoms with E-state index in [0.717, 1.165) is 11.1 Å². The first-order chi connectivity index (χ1) is 15.4. The maximum atomic E-state index is 12.9. The number of fused-ring (bicyclic) bond motifs is 2. The molecule has 2 aromatic heterocycles. The average Bonchev–Trinajstić information content (AvgIpc) is 3.35.